The number of carbonyl (C=O) groups is 2. The van der Waals surface area contributed by atoms with Crippen molar-refractivity contribution >= 4 is 23.2 Å². The van der Waals surface area contributed by atoms with Gasteiger partial charge in [0.05, 0.1) is 6.04 Å². The van der Waals surface area contributed by atoms with Gasteiger partial charge in [-0.15, -0.1) is 11.3 Å². The molecule has 0 bridgehead atoms. The molecule has 5 heteroatoms. The van der Waals surface area contributed by atoms with Gasteiger partial charge in [0, 0.05) is 30.8 Å². The summed E-state index contributed by atoms with van der Waals surface area (Å²) in [5.74, 6) is 0.739. The first-order valence-electron chi connectivity index (χ1n) is 9.58. The lowest BCUT2D eigenvalue weighted by molar-refractivity contribution is -0.131. The van der Waals surface area contributed by atoms with E-state index in [-0.39, 0.29) is 17.9 Å². The van der Waals surface area contributed by atoms with Gasteiger partial charge in [-0.25, -0.2) is 0 Å². The molecule has 0 aliphatic carbocycles. The molecule has 0 aliphatic heterocycles. The molecule has 1 unspecified atom stereocenters. The van der Waals surface area contributed by atoms with Gasteiger partial charge < -0.3 is 10.2 Å². The Bertz CT molecular complexity index is 494. The second-order valence-corrected chi connectivity index (χ2v) is 7.98. The molecule has 0 aromatic carbocycles. The van der Waals surface area contributed by atoms with Crippen LogP contribution in [0.4, 0.5) is 0 Å². The maximum absolute atomic E-state index is 12.3. The second-order valence-electron chi connectivity index (χ2n) is 7.00. The number of thiophene rings is 1. The fraction of sp³-hybridized carbons (Fsp3) is 0.700. The predicted molar refractivity (Wildman–Crippen MR) is 106 cm³/mol. The van der Waals surface area contributed by atoms with Gasteiger partial charge in [-0.1, -0.05) is 33.8 Å². The van der Waals surface area contributed by atoms with Gasteiger partial charge in [0.25, 0.3) is 0 Å². The first kappa shape index (κ1) is 21.7. The fourth-order valence-corrected chi connectivity index (χ4v) is 3.72. The minimum absolute atomic E-state index is 0.0457. The molecule has 1 N–H and O–H groups in total. The van der Waals surface area contributed by atoms with E-state index in [1.807, 2.05) is 16.3 Å². The highest BCUT2D eigenvalue weighted by molar-refractivity contribution is 7.10. The molecule has 1 aromatic rings. The molecule has 0 aliphatic rings. The van der Waals surface area contributed by atoms with Crippen molar-refractivity contribution in [1.29, 1.82) is 0 Å². The molecule has 1 atom stereocenters. The minimum atomic E-state index is 0.0457. The summed E-state index contributed by atoms with van der Waals surface area (Å²) < 4.78 is 0. The average molecular weight is 367 g/mol. The minimum Gasteiger partial charge on any atom is -0.348 e. The van der Waals surface area contributed by atoms with E-state index in [1.54, 1.807) is 11.3 Å². The summed E-state index contributed by atoms with van der Waals surface area (Å²) in [4.78, 5) is 27.7. The first-order valence-corrected chi connectivity index (χ1v) is 10.5. The monoisotopic (exact) mass is 366 g/mol. The zero-order valence-electron chi connectivity index (χ0n) is 16.2. The van der Waals surface area contributed by atoms with Crippen molar-refractivity contribution < 1.29 is 9.59 Å². The molecule has 2 amide bonds. The van der Waals surface area contributed by atoms with Crippen molar-refractivity contribution in [2.45, 2.75) is 72.3 Å². The highest BCUT2D eigenvalue weighted by Crippen LogP contribution is 2.25. The van der Waals surface area contributed by atoms with Crippen molar-refractivity contribution in [3.05, 3.63) is 22.4 Å². The molecular formula is C20H34N2O2S. The Kier molecular flexibility index (Phi) is 10.5. The Morgan fingerprint density at radius 2 is 1.84 bits per heavy atom. The van der Waals surface area contributed by atoms with E-state index in [4.69, 9.17) is 0 Å². The van der Waals surface area contributed by atoms with Crippen LogP contribution in [0.3, 0.4) is 0 Å². The van der Waals surface area contributed by atoms with Crippen LogP contribution in [-0.4, -0.2) is 29.8 Å². The van der Waals surface area contributed by atoms with E-state index in [2.05, 4.69) is 39.1 Å². The summed E-state index contributed by atoms with van der Waals surface area (Å²) >= 11 is 1.68. The van der Waals surface area contributed by atoms with Crippen LogP contribution >= 0.6 is 11.3 Å². The molecule has 1 aromatic heterocycles. The summed E-state index contributed by atoms with van der Waals surface area (Å²) in [7, 11) is 0. The zero-order chi connectivity index (χ0) is 18.7. The van der Waals surface area contributed by atoms with Crippen LogP contribution in [0.15, 0.2) is 17.5 Å². The molecule has 25 heavy (non-hydrogen) atoms. The fourth-order valence-electron chi connectivity index (χ4n) is 2.93. The third kappa shape index (κ3) is 8.52. The average Bonchev–Trinajstić information content (AvgIpc) is 3.08. The molecule has 0 saturated carbocycles. The maximum atomic E-state index is 12.3. The molecule has 0 radical (unpaired) electrons. The van der Waals surface area contributed by atoms with Gasteiger partial charge in [-0.2, -0.15) is 0 Å². The quantitative estimate of drug-likeness (QED) is 0.579. The highest BCUT2D eigenvalue weighted by atomic mass is 32.1. The van der Waals surface area contributed by atoms with Crippen molar-refractivity contribution in [3.63, 3.8) is 0 Å². The van der Waals surface area contributed by atoms with Gasteiger partial charge in [0.1, 0.15) is 0 Å². The lowest BCUT2D eigenvalue weighted by Gasteiger charge is -2.22. The molecule has 4 nitrogen and oxygen atoms in total. The van der Waals surface area contributed by atoms with E-state index < -0.39 is 0 Å². The highest BCUT2D eigenvalue weighted by Gasteiger charge is 2.18. The molecular weight excluding hydrogens is 332 g/mol. The first-order chi connectivity index (χ1) is 12.0. The number of hydrogen-bond acceptors (Lipinski definition) is 3. The molecule has 0 spiro atoms. The van der Waals surface area contributed by atoms with E-state index in [0.29, 0.717) is 25.2 Å². The molecule has 0 fully saturated rings. The Morgan fingerprint density at radius 1 is 1.16 bits per heavy atom. The molecule has 1 rings (SSSR count). The number of nitrogens with zero attached hydrogens (tertiary/aromatic N) is 1. The van der Waals surface area contributed by atoms with E-state index in [9.17, 15) is 9.59 Å². The number of hydrogen-bond donors (Lipinski definition) is 1. The summed E-state index contributed by atoms with van der Waals surface area (Å²) in [6.07, 6.45) is 4.38. The SMILES string of the molecule is CCCN(CCC)C(=O)CCCC(=O)NC(CC(C)C)c1cccs1. The molecule has 1 heterocycles. The second kappa shape index (κ2) is 12.1. The van der Waals surface area contributed by atoms with Gasteiger partial charge >= 0.3 is 0 Å². The third-order valence-electron chi connectivity index (χ3n) is 4.06. The zero-order valence-corrected chi connectivity index (χ0v) is 17.0. The van der Waals surface area contributed by atoms with Crippen molar-refractivity contribution in [1.82, 2.24) is 10.2 Å². The van der Waals surface area contributed by atoms with Crippen LogP contribution in [0.5, 0.6) is 0 Å². The largest absolute Gasteiger partial charge is 0.348 e. The number of carbonyl (C=O) groups excluding carboxylic acids is 2. The molecule has 0 saturated heterocycles. The van der Waals surface area contributed by atoms with E-state index in [0.717, 1.165) is 32.4 Å². The van der Waals surface area contributed by atoms with Gasteiger partial charge in [-0.05, 0) is 43.0 Å². The number of rotatable bonds is 12. The number of nitrogens with one attached hydrogen (secondary N) is 1. The number of amides is 2. The smallest absolute Gasteiger partial charge is 0.222 e. The van der Waals surface area contributed by atoms with Gasteiger partial charge in [0.15, 0.2) is 0 Å². The van der Waals surface area contributed by atoms with Crippen molar-refractivity contribution in [3.8, 4) is 0 Å². The van der Waals surface area contributed by atoms with E-state index in [1.165, 1.54) is 4.88 Å². The predicted octanol–water partition coefficient (Wildman–Crippen LogP) is 4.77. The van der Waals surface area contributed by atoms with Gasteiger partial charge in [-0.3, -0.25) is 9.59 Å². The maximum Gasteiger partial charge on any atom is 0.222 e. The van der Waals surface area contributed by atoms with Crippen molar-refractivity contribution in [2.75, 3.05) is 13.1 Å². The molecule has 142 valence electrons. The van der Waals surface area contributed by atoms with E-state index >= 15 is 0 Å². The third-order valence-corrected chi connectivity index (χ3v) is 5.05. The Balaban J connectivity index is 2.43. The topological polar surface area (TPSA) is 49.4 Å². The van der Waals surface area contributed by atoms with Gasteiger partial charge in [0.2, 0.25) is 11.8 Å². The lowest BCUT2D eigenvalue weighted by atomic mass is 10.0. The summed E-state index contributed by atoms with van der Waals surface area (Å²) in [6.45, 7) is 10.1. The lowest BCUT2D eigenvalue weighted by Crippen LogP contribution is -2.33. The normalized spacial score (nSPS) is 12.2. The summed E-state index contributed by atoms with van der Waals surface area (Å²) in [5, 5.41) is 5.20. The van der Waals surface area contributed by atoms with Crippen LogP contribution in [-0.2, 0) is 9.59 Å². The standard InChI is InChI=1S/C20H34N2O2S/c1-5-12-22(13-6-2)20(24)11-7-10-19(23)21-17(15-16(3)4)18-9-8-14-25-18/h8-9,14,16-17H,5-7,10-13,15H2,1-4H3,(H,21,23). The van der Waals surface area contributed by atoms with Crippen LogP contribution in [0, 0.1) is 5.92 Å². The van der Waals surface area contributed by atoms with Crippen LogP contribution < -0.4 is 5.32 Å². The summed E-state index contributed by atoms with van der Waals surface area (Å²) in [5.41, 5.74) is 0. The van der Waals surface area contributed by atoms with Crippen molar-refractivity contribution in [2.24, 2.45) is 5.92 Å². The summed E-state index contributed by atoms with van der Waals surface area (Å²) in [6, 6.07) is 4.18. The Morgan fingerprint density at radius 3 is 2.36 bits per heavy atom. The van der Waals surface area contributed by atoms with Crippen LogP contribution in [0.2, 0.25) is 0 Å². The van der Waals surface area contributed by atoms with Crippen LogP contribution in [0.1, 0.15) is 77.1 Å². The Hall–Kier alpha value is -1.36. The Labute approximate surface area is 157 Å². The van der Waals surface area contributed by atoms with Crippen LogP contribution in [0.25, 0.3) is 0 Å².